The molecule has 9 aromatic carbocycles. The van der Waals surface area contributed by atoms with Gasteiger partial charge in [0.15, 0.2) is 17.5 Å². The van der Waals surface area contributed by atoms with Crippen LogP contribution in [0, 0.1) is 0 Å². The van der Waals surface area contributed by atoms with Gasteiger partial charge in [-0.05, 0) is 64.2 Å². The minimum atomic E-state index is 0.609. The summed E-state index contributed by atoms with van der Waals surface area (Å²) in [4.78, 5) is 15.7. The lowest BCUT2D eigenvalue weighted by Crippen LogP contribution is -2.02. The van der Waals surface area contributed by atoms with Gasteiger partial charge in [0.1, 0.15) is 0 Å². The molecule has 0 aliphatic carbocycles. The van der Waals surface area contributed by atoms with Crippen LogP contribution >= 0.6 is 11.3 Å². The minimum Gasteiger partial charge on any atom is -0.309 e. The first kappa shape index (κ1) is 35.9. The standard InChI is InChI=1S/C57H36N4S/c1-3-16-37(17-4-1)39-20-13-21-40(34-39)44-33-32-43(36-52(44)61-50-29-10-7-24-46(50)47-25-8-11-30-51(47)61)57-59-55(38-18-5-2-6-19-38)58-56(60-57)42-23-14-22-41(35-42)45-27-15-28-49-48-26-9-12-31-53(48)62-54(45)49/h1-36H. The third kappa shape index (κ3) is 6.18. The average molecular weight is 809 g/mol. The maximum absolute atomic E-state index is 5.31. The molecule has 62 heavy (non-hydrogen) atoms. The molecule has 0 spiro atoms. The summed E-state index contributed by atoms with van der Waals surface area (Å²) in [5, 5.41) is 4.97. The summed E-state index contributed by atoms with van der Waals surface area (Å²) in [5.74, 6) is 1.86. The minimum absolute atomic E-state index is 0.609. The smallest absolute Gasteiger partial charge is 0.164 e. The second kappa shape index (κ2) is 14.9. The quantitative estimate of drug-likeness (QED) is 0.161. The van der Waals surface area contributed by atoms with Gasteiger partial charge in [0, 0.05) is 53.2 Å². The van der Waals surface area contributed by atoms with Gasteiger partial charge in [-0.2, -0.15) is 0 Å². The first-order chi connectivity index (χ1) is 30.7. The van der Waals surface area contributed by atoms with Gasteiger partial charge in [-0.25, -0.2) is 15.0 Å². The van der Waals surface area contributed by atoms with Gasteiger partial charge in [-0.1, -0.05) is 182 Å². The molecule has 0 unspecified atom stereocenters. The molecular weight excluding hydrogens is 773 g/mol. The normalized spacial score (nSPS) is 11.5. The maximum Gasteiger partial charge on any atom is 0.164 e. The predicted molar refractivity (Wildman–Crippen MR) is 260 cm³/mol. The first-order valence-corrected chi connectivity index (χ1v) is 21.7. The highest BCUT2D eigenvalue weighted by Crippen LogP contribution is 2.42. The Hall–Kier alpha value is -7.99. The summed E-state index contributed by atoms with van der Waals surface area (Å²) in [6.07, 6.45) is 0. The summed E-state index contributed by atoms with van der Waals surface area (Å²) in [5.41, 5.74) is 13.0. The molecular formula is C57H36N4S. The van der Waals surface area contributed by atoms with Crippen LogP contribution in [0.2, 0.25) is 0 Å². The second-order valence-electron chi connectivity index (χ2n) is 15.6. The summed E-state index contributed by atoms with van der Waals surface area (Å²) >= 11 is 1.84. The van der Waals surface area contributed by atoms with Gasteiger partial charge in [-0.15, -0.1) is 11.3 Å². The van der Waals surface area contributed by atoms with Gasteiger partial charge < -0.3 is 4.57 Å². The lowest BCUT2D eigenvalue weighted by atomic mass is 9.96. The molecule has 12 aromatic rings. The van der Waals surface area contributed by atoms with Crippen molar-refractivity contribution in [1.82, 2.24) is 19.5 Å². The highest BCUT2D eigenvalue weighted by atomic mass is 32.1. The van der Waals surface area contributed by atoms with Crippen molar-refractivity contribution in [2.75, 3.05) is 0 Å². The molecule has 0 N–H and O–H groups in total. The zero-order valence-corrected chi connectivity index (χ0v) is 34.3. The van der Waals surface area contributed by atoms with Crippen LogP contribution in [0.25, 0.3) is 115 Å². The van der Waals surface area contributed by atoms with Crippen molar-refractivity contribution < 1.29 is 0 Å². The summed E-state index contributed by atoms with van der Waals surface area (Å²) in [7, 11) is 0. The van der Waals surface area contributed by atoms with Gasteiger partial charge in [0.25, 0.3) is 0 Å². The van der Waals surface area contributed by atoms with E-state index in [9.17, 15) is 0 Å². The van der Waals surface area contributed by atoms with E-state index >= 15 is 0 Å². The van der Waals surface area contributed by atoms with Crippen LogP contribution in [0.4, 0.5) is 0 Å². The van der Waals surface area contributed by atoms with Crippen molar-refractivity contribution in [2.24, 2.45) is 0 Å². The number of hydrogen-bond acceptors (Lipinski definition) is 4. The number of aromatic nitrogens is 4. The third-order valence-corrected chi connectivity index (χ3v) is 13.1. The first-order valence-electron chi connectivity index (χ1n) is 20.8. The summed E-state index contributed by atoms with van der Waals surface area (Å²) in [6.45, 7) is 0. The fraction of sp³-hybridized carbons (Fsp3) is 0. The van der Waals surface area contributed by atoms with Crippen molar-refractivity contribution in [1.29, 1.82) is 0 Å². The molecule has 4 nitrogen and oxygen atoms in total. The SMILES string of the molecule is c1ccc(-c2cccc(-c3ccc(-c4nc(-c5ccccc5)nc(-c5cccc(-c6cccc7c6sc6ccccc67)c5)n4)cc3-n3c4ccccc4c4ccccc43)c2)cc1. The van der Waals surface area contributed by atoms with Gasteiger partial charge in [0.2, 0.25) is 0 Å². The fourth-order valence-electron chi connectivity index (χ4n) is 8.93. The number of rotatable bonds is 7. The molecule has 0 fully saturated rings. The Kier molecular flexibility index (Phi) is 8.65. The highest BCUT2D eigenvalue weighted by molar-refractivity contribution is 7.26. The number of para-hydroxylation sites is 2. The number of nitrogens with zero attached hydrogens (tertiary/aromatic N) is 4. The Morgan fingerprint density at radius 1 is 0.306 bits per heavy atom. The van der Waals surface area contributed by atoms with Crippen LogP contribution in [0.15, 0.2) is 218 Å². The van der Waals surface area contributed by atoms with Crippen LogP contribution in [-0.2, 0) is 0 Å². The van der Waals surface area contributed by atoms with Crippen molar-refractivity contribution in [3.63, 3.8) is 0 Å². The van der Waals surface area contributed by atoms with E-state index in [0.717, 1.165) is 50.1 Å². The highest BCUT2D eigenvalue weighted by Gasteiger charge is 2.20. The number of hydrogen-bond donors (Lipinski definition) is 0. The van der Waals surface area contributed by atoms with E-state index in [-0.39, 0.29) is 0 Å². The van der Waals surface area contributed by atoms with Gasteiger partial charge in [-0.3, -0.25) is 0 Å². The van der Waals surface area contributed by atoms with Gasteiger partial charge in [0.05, 0.1) is 16.7 Å². The molecule has 290 valence electrons. The molecule has 12 rings (SSSR count). The van der Waals surface area contributed by atoms with E-state index in [4.69, 9.17) is 15.0 Å². The van der Waals surface area contributed by atoms with E-state index < -0.39 is 0 Å². The Morgan fingerprint density at radius 3 is 1.50 bits per heavy atom. The topological polar surface area (TPSA) is 43.6 Å². The van der Waals surface area contributed by atoms with Crippen molar-refractivity contribution in [3.8, 4) is 73.2 Å². The molecule has 0 aliphatic rings. The lowest BCUT2D eigenvalue weighted by molar-refractivity contribution is 1.07. The Morgan fingerprint density at radius 2 is 0.790 bits per heavy atom. The van der Waals surface area contributed by atoms with E-state index in [1.807, 2.05) is 29.5 Å². The maximum atomic E-state index is 5.31. The fourth-order valence-corrected chi connectivity index (χ4v) is 10.2. The molecule has 0 atom stereocenters. The number of fused-ring (bicyclic) bond motifs is 6. The van der Waals surface area contributed by atoms with Crippen LogP contribution < -0.4 is 0 Å². The monoisotopic (exact) mass is 808 g/mol. The van der Waals surface area contributed by atoms with Crippen molar-refractivity contribution in [3.05, 3.63) is 218 Å². The summed E-state index contributed by atoms with van der Waals surface area (Å²) < 4.78 is 4.96. The summed E-state index contributed by atoms with van der Waals surface area (Å²) in [6, 6.07) is 77.5. The van der Waals surface area contributed by atoms with Crippen LogP contribution in [0.5, 0.6) is 0 Å². The number of benzene rings is 9. The molecule has 0 amide bonds. The zero-order valence-electron chi connectivity index (χ0n) is 33.5. The predicted octanol–water partition coefficient (Wildman–Crippen LogP) is 15.3. The molecule has 0 aliphatic heterocycles. The third-order valence-electron chi connectivity index (χ3n) is 11.9. The lowest BCUT2D eigenvalue weighted by Gasteiger charge is -2.17. The molecule has 0 saturated carbocycles. The van der Waals surface area contributed by atoms with E-state index in [1.165, 1.54) is 47.6 Å². The molecule has 0 saturated heterocycles. The Labute approximate surface area is 362 Å². The molecule has 3 heterocycles. The molecule has 0 radical (unpaired) electrons. The van der Waals surface area contributed by atoms with E-state index in [2.05, 4.69) is 205 Å². The van der Waals surface area contributed by atoms with Crippen molar-refractivity contribution >= 4 is 53.3 Å². The Balaban J connectivity index is 1.06. The van der Waals surface area contributed by atoms with Crippen molar-refractivity contribution in [2.45, 2.75) is 0 Å². The van der Waals surface area contributed by atoms with Crippen LogP contribution in [0.3, 0.4) is 0 Å². The number of thiophene rings is 1. The Bertz CT molecular complexity index is 3590. The molecule has 5 heteroatoms. The van der Waals surface area contributed by atoms with Gasteiger partial charge >= 0.3 is 0 Å². The molecule has 0 bridgehead atoms. The second-order valence-corrected chi connectivity index (χ2v) is 16.6. The molecule has 3 aromatic heterocycles. The average Bonchev–Trinajstić information content (AvgIpc) is 3.90. The van der Waals surface area contributed by atoms with E-state index in [1.54, 1.807) is 0 Å². The largest absolute Gasteiger partial charge is 0.309 e. The van der Waals surface area contributed by atoms with E-state index in [0.29, 0.717) is 17.5 Å². The van der Waals surface area contributed by atoms with Crippen LogP contribution in [-0.4, -0.2) is 19.5 Å². The van der Waals surface area contributed by atoms with Crippen LogP contribution in [0.1, 0.15) is 0 Å². The zero-order chi connectivity index (χ0) is 41.0.